The number of hydrogen-bond acceptors (Lipinski definition) is 6. The first-order chi connectivity index (χ1) is 24.8. The molecule has 2 aliphatic carbocycles. The molecule has 51 heavy (non-hydrogen) atoms. The molecule has 5 aromatic carbocycles. The maximum Gasteiger partial charge on any atom is 0.241 e. The summed E-state index contributed by atoms with van der Waals surface area (Å²) >= 11 is 0. The van der Waals surface area contributed by atoms with Gasteiger partial charge in [-0.1, -0.05) is 78.4 Å². The lowest BCUT2D eigenvalue weighted by atomic mass is 9.51. The predicted octanol–water partition coefficient (Wildman–Crippen LogP) is 7.72. The Balaban J connectivity index is 1.14. The molecule has 1 saturated carbocycles. The van der Waals surface area contributed by atoms with Crippen molar-refractivity contribution in [3.05, 3.63) is 139 Å². The molecule has 0 aromatic heterocycles. The summed E-state index contributed by atoms with van der Waals surface area (Å²) in [5.41, 5.74) is 2.88. The van der Waals surface area contributed by atoms with Crippen LogP contribution in [0.5, 0.6) is 5.75 Å². The Kier molecular flexibility index (Phi) is 7.00. The molecule has 2 N–H and O–H groups in total. The third-order valence-electron chi connectivity index (χ3n) is 11.7. The molecule has 0 spiro atoms. The van der Waals surface area contributed by atoms with Crippen LogP contribution in [-0.2, 0) is 19.2 Å². The summed E-state index contributed by atoms with van der Waals surface area (Å²) in [4.78, 5) is 60.5. The number of phenols is 1. The van der Waals surface area contributed by atoms with E-state index in [1.165, 1.54) is 9.80 Å². The van der Waals surface area contributed by atoms with Crippen LogP contribution in [-0.4, -0.2) is 28.7 Å². The molecule has 9 rings (SSSR count). The first-order valence-electron chi connectivity index (χ1n) is 17.4. The van der Waals surface area contributed by atoms with Gasteiger partial charge in [0.15, 0.2) is 0 Å². The van der Waals surface area contributed by atoms with E-state index in [0.29, 0.717) is 23.4 Å². The zero-order chi connectivity index (χ0) is 35.0. The average Bonchev–Trinajstić information content (AvgIpc) is 3.52. The molecule has 4 amide bonds. The van der Waals surface area contributed by atoms with Crippen molar-refractivity contribution < 1.29 is 24.3 Å². The smallest absolute Gasteiger partial charge is 0.241 e. The number of aromatic hydroxyl groups is 1. The Morgan fingerprint density at radius 2 is 1.31 bits per heavy atom. The monoisotopic (exact) mass is 673 g/mol. The topological polar surface area (TPSA) is 107 Å². The van der Waals surface area contributed by atoms with Gasteiger partial charge in [0, 0.05) is 22.9 Å². The lowest BCUT2D eigenvalue weighted by molar-refractivity contribution is -0.131. The van der Waals surface area contributed by atoms with Gasteiger partial charge in [-0.25, -0.2) is 4.90 Å². The van der Waals surface area contributed by atoms with Gasteiger partial charge >= 0.3 is 0 Å². The number of imide groups is 2. The SMILES string of the molecule is CC12C(=O)N(c3ccccc3)C(=O)C1CC1C(=CCC3C(=O)N(c4ccc(Nc5ccccc5)cc4)C(=O)C31)C2c1c(O)ccc2ccccc12. The Morgan fingerprint density at radius 1 is 0.667 bits per heavy atom. The van der Waals surface area contributed by atoms with Crippen LogP contribution in [0, 0.1) is 29.1 Å². The molecule has 0 bridgehead atoms. The molecule has 0 radical (unpaired) electrons. The minimum Gasteiger partial charge on any atom is -0.508 e. The van der Waals surface area contributed by atoms with E-state index in [1.807, 2.05) is 91.9 Å². The maximum atomic E-state index is 14.8. The Labute approximate surface area is 295 Å². The molecule has 2 aliphatic heterocycles. The zero-order valence-corrected chi connectivity index (χ0v) is 27.9. The number of fused-ring (bicyclic) bond motifs is 5. The van der Waals surface area contributed by atoms with Crippen LogP contribution in [0.4, 0.5) is 22.7 Å². The van der Waals surface area contributed by atoms with Crippen LogP contribution in [0.2, 0.25) is 0 Å². The summed E-state index contributed by atoms with van der Waals surface area (Å²) in [6.07, 6.45) is 2.58. The molecule has 6 atom stereocenters. The van der Waals surface area contributed by atoms with E-state index in [4.69, 9.17) is 0 Å². The van der Waals surface area contributed by atoms with Crippen molar-refractivity contribution in [3.63, 3.8) is 0 Å². The summed E-state index contributed by atoms with van der Waals surface area (Å²) < 4.78 is 0. The Hall–Kier alpha value is -6.02. The molecular weight excluding hydrogens is 638 g/mol. The summed E-state index contributed by atoms with van der Waals surface area (Å²) in [6.45, 7) is 1.84. The van der Waals surface area contributed by atoms with E-state index in [1.54, 1.807) is 42.5 Å². The standard InChI is InChI=1S/C43H35N3O5/c1-43-34(40(49)46(42(43)51)28-13-6-3-7-14-28)24-33-31(38(43)37-30-15-9-8-10-25(30)16-23-35(37)47)21-22-32-36(33)41(50)45(39(32)48)29-19-17-27(18-20-29)44-26-11-4-2-5-12-26/h2-21,23,32-34,36,38,44,47H,22,24H2,1H3. The average molecular weight is 674 g/mol. The van der Waals surface area contributed by atoms with E-state index < -0.39 is 35.0 Å². The van der Waals surface area contributed by atoms with E-state index in [0.717, 1.165) is 27.7 Å². The van der Waals surface area contributed by atoms with Gasteiger partial charge in [0.25, 0.3) is 0 Å². The number of hydrogen-bond donors (Lipinski definition) is 2. The minimum atomic E-state index is -1.25. The normalized spacial score (nSPS) is 26.9. The molecule has 8 nitrogen and oxygen atoms in total. The van der Waals surface area contributed by atoms with Crippen LogP contribution in [0.15, 0.2) is 133 Å². The highest BCUT2D eigenvalue weighted by molar-refractivity contribution is 6.25. The minimum absolute atomic E-state index is 0.0282. The number of para-hydroxylation sites is 2. The predicted molar refractivity (Wildman–Crippen MR) is 195 cm³/mol. The summed E-state index contributed by atoms with van der Waals surface area (Å²) in [6, 6.07) is 37.1. The van der Waals surface area contributed by atoms with Gasteiger partial charge in [0.2, 0.25) is 23.6 Å². The first kappa shape index (κ1) is 31.0. The maximum absolute atomic E-state index is 14.8. The summed E-state index contributed by atoms with van der Waals surface area (Å²) in [7, 11) is 0. The van der Waals surface area contributed by atoms with Crippen LogP contribution < -0.4 is 15.1 Å². The number of phenolic OH excluding ortho intramolecular Hbond substituents is 1. The van der Waals surface area contributed by atoms with Crippen molar-refractivity contribution in [1.82, 2.24) is 0 Å². The number of carbonyl (C=O) groups excluding carboxylic acids is 4. The third-order valence-corrected chi connectivity index (χ3v) is 11.7. The highest BCUT2D eigenvalue weighted by Crippen LogP contribution is 2.65. The second-order valence-corrected chi connectivity index (χ2v) is 14.3. The van der Waals surface area contributed by atoms with Crippen molar-refractivity contribution in [2.45, 2.75) is 25.7 Å². The third kappa shape index (κ3) is 4.52. The van der Waals surface area contributed by atoms with Gasteiger partial charge in [-0.2, -0.15) is 0 Å². The fraction of sp³-hybridized carbons (Fsp3) is 0.209. The van der Waals surface area contributed by atoms with E-state index >= 15 is 0 Å². The van der Waals surface area contributed by atoms with Gasteiger partial charge in [0.1, 0.15) is 5.75 Å². The highest BCUT2D eigenvalue weighted by Gasteiger charge is 2.68. The van der Waals surface area contributed by atoms with Gasteiger partial charge < -0.3 is 10.4 Å². The number of nitrogens with zero attached hydrogens (tertiary/aromatic N) is 2. The molecule has 252 valence electrons. The van der Waals surface area contributed by atoms with Crippen molar-refractivity contribution in [1.29, 1.82) is 0 Å². The van der Waals surface area contributed by atoms with Crippen molar-refractivity contribution in [2.75, 3.05) is 15.1 Å². The van der Waals surface area contributed by atoms with Crippen LogP contribution in [0.3, 0.4) is 0 Å². The molecule has 5 aromatic rings. The van der Waals surface area contributed by atoms with Crippen LogP contribution in [0.25, 0.3) is 10.8 Å². The number of nitrogens with one attached hydrogen (secondary N) is 1. The van der Waals surface area contributed by atoms with Crippen molar-refractivity contribution >= 4 is 57.2 Å². The van der Waals surface area contributed by atoms with Crippen molar-refractivity contribution in [2.24, 2.45) is 29.1 Å². The number of amides is 4. The van der Waals surface area contributed by atoms with Crippen molar-refractivity contribution in [3.8, 4) is 5.75 Å². The molecule has 2 saturated heterocycles. The lowest BCUT2D eigenvalue weighted by Gasteiger charge is -2.49. The van der Waals surface area contributed by atoms with Gasteiger partial charge in [-0.15, -0.1) is 0 Å². The molecule has 8 heteroatoms. The van der Waals surface area contributed by atoms with Gasteiger partial charge in [-0.3, -0.25) is 24.1 Å². The molecule has 6 unspecified atom stereocenters. The number of rotatable bonds is 5. The summed E-state index contributed by atoms with van der Waals surface area (Å²) in [5, 5.41) is 16.6. The number of benzene rings is 5. The molecule has 2 heterocycles. The Bertz CT molecular complexity index is 2290. The quantitative estimate of drug-likeness (QED) is 0.146. The largest absolute Gasteiger partial charge is 0.508 e. The fourth-order valence-corrected chi connectivity index (χ4v) is 9.37. The van der Waals surface area contributed by atoms with E-state index in [9.17, 15) is 24.3 Å². The van der Waals surface area contributed by atoms with Crippen LogP contribution in [0.1, 0.15) is 31.2 Å². The number of carbonyl (C=O) groups is 4. The lowest BCUT2D eigenvalue weighted by Crippen LogP contribution is -2.49. The van der Waals surface area contributed by atoms with E-state index in [-0.39, 0.29) is 35.8 Å². The second kappa shape index (κ2) is 11.5. The highest BCUT2D eigenvalue weighted by atomic mass is 16.3. The van der Waals surface area contributed by atoms with Gasteiger partial charge in [-0.05, 0) is 91.1 Å². The molecule has 3 fully saturated rings. The fourth-order valence-electron chi connectivity index (χ4n) is 9.37. The van der Waals surface area contributed by atoms with Crippen LogP contribution >= 0.6 is 0 Å². The first-order valence-corrected chi connectivity index (χ1v) is 17.4. The Morgan fingerprint density at radius 3 is 2.06 bits per heavy atom. The second-order valence-electron chi connectivity index (χ2n) is 14.3. The zero-order valence-electron chi connectivity index (χ0n) is 27.9. The number of anilines is 4. The summed E-state index contributed by atoms with van der Waals surface area (Å²) in [5.74, 6) is -4.48. The molecular formula is C43H35N3O5. The van der Waals surface area contributed by atoms with Gasteiger partial charge in [0.05, 0.1) is 34.5 Å². The number of allylic oxidation sites excluding steroid dienone is 2. The van der Waals surface area contributed by atoms with E-state index in [2.05, 4.69) is 5.32 Å². The molecule has 4 aliphatic rings.